The lowest BCUT2D eigenvalue weighted by atomic mass is 9.92. The molecule has 0 fully saturated rings. The number of nitriles is 1. The Morgan fingerprint density at radius 2 is 1.54 bits per heavy atom. The van der Waals surface area contributed by atoms with E-state index in [0.717, 1.165) is 5.56 Å². The highest BCUT2D eigenvalue weighted by molar-refractivity contribution is 5.41. The predicted octanol–water partition coefficient (Wildman–Crippen LogP) is 3.12. The highest BCUT2D eigenvalue weighted by Crippen LogP contribution is 2.31. The molecule has 0 spiro atoms. The molecule has 0 amide bonds. The number of benzene rings is 2. The van der Waals surface area contributed by atoms with Crippen molar-refractivity contribution in [2.75, 3.05) is 0 Å². The van der Waals surface area contributed by atoms with Crippen molar-refractivity contribution in [3.8, 4) is 6.07 Å². The third kappa shape index (κ3) is 3.18. The maximum absolute atomic E-state index is 10.7. The Bertz CT molecular complexity index is 872. The second-order valence-electron chi connectivity index (χ2n) is 5.46. The molecule has 1 aromatic heterocycles. The van der Waals surface area contributed by atoms with Crippen LogP contribution in [0.2, 0.25) is 0 Å². The van der Waals surface area contributed by atoms with Gasteiger partial charge in [0.05, 0.1) is 11.6 Å². The SMILES string of the molecule is N#Cc1cccc(C(O)c2ccncc2C(O)c2ccccc2)c1. The number of aliphatic hydroxyl groups is 2. The standard InChI is InChI=1S/C20H16N2O2/c21-12-14-5-4-8-16(11-14)20(24)17-9-10-22-13-18(17)19(23)15-6-2-1-3-7-15/h1-11,13,19-20,23-24H. The zero-order valence-corrected chi connectivity index (χ0v) is 12.9. The topological polar surface area (TPSA) is 77.1 Å². The summed E-state index contributed by atoms with van der Waals surface area (Å²) in [5.41, 5.74) is 2.91. The Kier molecular flexibility index (Phi) is 4.66. The monoisotopic (exact) mass is 316 g/mol. The van der Waals surface area contributed by atoms with Crippen molar-refractivity contribution in [2.45, 2.75) is 12.2 Å². The summed E-state index contributed by atoms with van der Waals surface area (Å²) in [7, 11) is 0. The van der Waals surface area contributed by atoms with Gasteiger partial charge in [0, 0.05) is 18.0 Å². The zero-order valence-electron chi connectivity index (χ0n) is 12.9. The van der Waals surface area contributed by atoms with Gasteiger partial charge in [0.2, 0.25) is 0 Å². The highest BCUT2D eigenvalue weighted by atomic mass is 16.3. The molecule has 0 saturated carbocycles. The van der Waals surface area contributed by atoms with Gasteiger partial charge >= 0.3 is 0 Å². The third-order valence-corrected chi connectivity index (χ3v) is 3.92. The first kappa shape index (κ1) is 15.9. The van der Waals surface area contributed by atoms with Crippen LogP contribution in [0.15, 0.2) is 73.1 Å². The Hall–Kier alpha value is -3.00. The average molecular weight is 316 g/mol. The molecule has 3 rings (SSSR count). The first-order valence-corrected chi connectivity index (χ1v) is 7.55. The van der Waals surface area contributed by atoms with Gasteiger partial charge in [-0.1, -0.05) is 42.5 Å². The molecule has 24 heavy (non-hydrogen) atoms. The molecule has 2 N–H and O–H groups in total. The van der Waals surface area contributed by atoms with Crippen LogP contribution < -0.4 is 0 Å². The molecule has 2 atom stereocenters. The molecule has 118 valence electrons. The van der Waals surface area contributed by atoms with Crippen LogP contribution in [0.4, 0.5) is 0 Å². The van der Waals surface area contributed by atoms with Crippen molar-refractivity contribution in [1.82, 2.24) is 4.98 Å². The Morgan fingerprint density at radius 1 is 0.833 bits per heavy atom. The largest absolute Gasteiger partial charge is 0.384 e. The summed E-state index contributed by atoms with van der Waals surface area (Å²) in [4.78, 5) is 4.08. The molecule has 0 bridgehead atoms. The van der Waals surface area contributed by atoms with E-state index in [1.54, 1.807) is 42.7 Å². The van der Waals surface area contributed by atoms with Crippen LogP contribution in [0.5, 0.6) is 0 Å². The van der Waals surface area contributed by atoms with E-state index in [0.29, 0.717) is 22.3 Å². The third-order valence-electron chi connectivity index (χ3n) is 3.92. The quantitative estimate of drug-likeness (QED) is 0.775. The molecular weight excluding hydrogens is 300 g/mol. The molecule has 2 aromatic carbocycles. The summed E-state index contributed by atoms with van der Waals surface area (Å²) in [6.07, 6.45) is 1.30. The fraction of sp³-hybridized carbons (Fsp3) is 0.100. The van der Waals surface area contributed by atoms with E-state index < -0.39 is 12.2 Å². The first-order chi connectivity index (χ1) is 11.7. The average Bonchev–Trinajstić information content (AvgIpc) is 2.67. The summed E-state index contributed by atoms with van der Waals surface area (Å²) >= 11 is 0. The summed E-state index contributed by atoms with van der Waals surface area (Å²) < 4.78 is 0. The molecule has 0 saturated heterocycles. The van der Waals surface area contributed by atoms with Crippen molar-refractivity contribution in [3.05, 3.63) is 101 Å². The van der Waals surface area contributed by atoms with E-state index in [1.807, 2.05) is 30.3 Å². The Morgan fingerprint density at radius 3 is 2.29 bits per heavy atom. The number of nitrogens with zero attached hydrogens (tertiary/aromatic N) is 2. The zero-order chi connectivity index (χ0) is 16.9. The fourth-order valence-electron chi connectivity index (χ4n) is 2.67. The maximum atomic E-state index is 10.7. The van der Waals surface area contributed by atoms with E-state index in [-0.39, 0.29) is 0 Å². The van der Waals surface area contributed by atoms with Gasteiger partial charge in [0.15, 0.2) is 0 Å². The van der Waals surface area contributed by atoms with E-state index >= 15 is 0 Å². The van der Waals surface area contributed by atoms with Crippen molar-refractivity contribution in [1.29, 1.82) is 5.26 Å². The minimum atomic E-state index is -0.949. The van der Waals surface area contributed by atoms with Crippen LogP contribution in [0.3, 0.4) is 0 Å². The second kappa shape index (κ2) is 7.05. The molecule has 4 nitrogen and oxygen atoms in total. The van der Waals surface area contributed by atoms with Crippen LogP contribution in [0.1, 0.15) is 40.0 Å². The number of rotatable bonds is 4. The minimum absolute atomic E-state index is 0.478. The van der Waals surface area contributed by atoms with Gasteiger partial charge in [-0.25, -0.2) is 0 Å². The number of hydrogen-bond acceptors (Lipinski definition) is 4. The van der Waals surface area contributed by atoms with Gasteiger partial charge in [0.25, 0.3) is 0 Å². The van der Waals surface area contributed by atoms with Crippen LogP contribution in [-0.4, -0.2) is 15.2 Å². The Labute approximate surface area is 140 Å². The van der Waals surface area contributed by atoms with Crippen LogP contribution in [-0.2, 0) is 0 Å². The van der Waals surface area contributed by atoms with Gasteiger partial charge in [-0.05, 0) is 34.9 Å². The molecule has 3 aromatic rings. The molecule has 1 heterocycles. The number of aliphatic hydroxyl groups excluding tert-OH is 2. The van der Waals surface area contributed by atoms with Crippen molar-refractivity contribution in [2.24, 2.45) is 0 Å². The summed E-state index contributed by atoms with van der Waals surface area (Å²) in [6, 6.07) is 19.8. The first-order valence-electron chi connectivity index (χ1n) is 7.55. The van der Waals surface area contributed by atoms with Gasteiger partial charge in [-0.15, -0.1) is 0 Å². The van der Waals surface area contributed by atoms with E-state index in [1.165, 1.54) is 0 Å². The summed E-state index contributed by atoms with van der Waals surface area (Å²) in [5, 5.41) is 30.4. The smallest absolute Gasteiger partial charge is 0.106 e. The highest BCUT2D eigenvalue weighted by Gasteiger charge is 2.20. The second-order valence-corrected chi connectivity index (χ2v) is 5.46. The lowest BCUT2D eigenvalue weighted by Gasteiger charge is -2.19. The number of aromatic nitrogens is 1. The maximum Gasteiger partial charge on any atom is 0.106 e. The normalized spacial score (nSPS) is 13.0. The fourth-order valence-corrected chi connectivity index (χ4v) is 2.67. The molecule has 0 aliphatic carbocycles. The van der Waals surface area contributed by atoms with Crippen molar-refractivity contribution in [3.63, 3.8) is 0 Å². The molecule has 4 heteroatoms. The lowest BCUT2D eigenvalue weighted by molar-refractivity contribution is 0.196. The van der Waals surface area contributed by atoms with E-state index in [4.69, 9.17) is 5.26 Å². The van der Waals surface area contributed by atoms with Crippen molar-refractivity contribution >= 4 is 0 Å². The molecule has 0 aliphatic heterocycles. The predicted molar refractivity (Wildman–Crippen MR) is 90.0 cm³/mol. The number of pyridine rings is 1. The molecule has 0 radical (unpaired) electrons. The minimum Gasteiger partial charge on any atom is -0.384 e. The van der Waals surface area contributed by atoms with E-state index in [9.17, 15) is 10.2 Å². The summed E-state index contributed by atoms with van der Waals surface area (Å²) in [5.74, 6) is 0. The van der Waals surface area contributed by atoms with E-state index in [2.05, 4.69) is 11.1 Å². The Balaban J connectivity index is 2.01. The van der Waals surface area contributed by atoms with Crippen LogP contribution in [0, 0.1) is 11.3 Å². The van der Waals surface area contributed by atoms with Gasteiger partial charge in [0.1, 0.15) is 12.2 Å². The van der Waals surface area contributed by atoms with Crippen LogP contribution >= 0.6 is 0 Å². The lowest BCUT2D eigenvalue weighted by Crippen LogP contribution is -2.09. The van der Waals surface area contributed by atoms with Gasteiger partial charge in [-0.2, -0.15) is 5.26 Å². The molecular formula is C20H16N2O2. The molecule has 0 aliphatic rings. The summed E-state index contributed by atoms with van der Waals surface area (Å²) in [6.45, 7) is 0. The number of hydrogen-bond donors (Lipinski definition) is 2. The van der Waals surface area contributed by atoms with Crippen molar-refractivity contribution < 1.29 is 10.2 Å². The van der Waals surface area contributed by atoms with Gasteiger partial charge < -0.3 is 10.2 Å². The molecule has 2 unspecified atom stereocenters. The van der Waals surface area contributed by atoms with Crippen LogP contribution in [0.25, 0.3) is 0 Å². The van der Waals surface area contributed by atoms with Gasteiger partial charge in [-0.3, -0.25) is 4.98 Å².